The molecule has 5 nitrogen and oxygen atoms in total. The number of rotatable bonds is 9. The molecule has 26 heavy (non-hydrogen) atoms. The highest BCUT2D eigenvalue weighted by molar-refractivity contribution is 5.84. The third-order valence-electron chi connectivity index (χ3n) is 4.35. The second kappa shape index (κ2) is 18.7. The Morgan fingerprint density at radius 2 is 1.62 bits per heavy atom. The lowest BCUT2D eigenvalue weighted by atomic mass is 9.98. The van der Waals surface area contributed by atoms with Crippen molar-refractivity contribution in [3.8, 4) is 0 Å². The third kappa shape index (κ3) is 14.1. The number of piperidine rings is 1. The molecule has 0 aromatic rings. The molecule has 0 unspecified atom stereocenters. The van der Waals surface area contributed by atoms with Crippen molar-refractivity contribution in [3.05, 3.63) is 0 Å². The summed E-state index contributed by atoms with van der Waals surface area (Å²) in [5.41, 5.74) is 0. The number of amides is 2. The molecule has 0 aromatic carbocycles. The van der Waals surface area contributed by atoms with Crippen LogP contribution in [-0.4, -0.2) is 48.1 Å². The van der Waals surface area contributed by atoms with Gasteiger partial charge in [-0.15, -0.1) is 0 Å². The number of unbranched alkanes of at least 4 members (excludes halogenated alkanes) is 2. The van der Waals surface area contributed by atoms with Gasteiger partial charge < -0.3 is 15.3 Å². The van der Waals surface area contributed by atoms with Crippen LogP contribution in [0.25, 0.3) is 0 Å². The maximum Gasteiger partial charge on any atom is 0.241 e. The summed E-state index contributed by atoms with van der Waals surface area (Å²) in [6, 6.07) is 0. The molecule has 2 amide bonds. The molecule has 0 atom stereocenters. The Kier molecular flexibility index (Phi) is 19.5. The molecule has 156 valence electrons. The summed E-state index contributed by atoms with van der Waals surface area (Å²) >= 11 is 0. The van der Waals surface area contributed by atoms with Crippen molar-refractivity contribution in [1.82, 2.24) is 10.2 Å². The van der Waals surface area contributed by atoms with E-state index in [9.17, 15) is 9.59 Å². The Labute approximate surface area is 161 Å². The number of carbonyl (C=O) groups is 2. The SMILES string of the molecule is CC.CC.CC(C)CCCCCC(=O)NCC(=O)N1CCC(CO)CC1. The number of aliphatic hydroxyl groups excluding tert-OH is 1. The van der Waals surface area contributed by atoms with Crippen molar-refractivity contribution >= 4 is 11.8 Å². The fourth-order valence-electron chi connectivity index (χ4n) is 2.75. The second-order valence-electron chi connectivity index (χ2n) is 6.78. The predicted molar refractivity (Wildman–Crippen MR) is 110 cm³/mol. The molecule has 0 saturated carbocycles. The van der Waals surface area contributed by atoms with Gasteiger partial charge in [0.05, 0.1) is 6.54 Å². The second-order valence-corrected chi connectivity index (χ2v) is 6.78. The third-order valence-corrected chi connectivity index (χ3v) is 4.35. The molecule has 1 rings (SSSR count). The normalized spacial score (nSPS) is 14.1. The molecule has 1 fully saturated rings. The van der Waals surface area contributed by atoms with Crippen LogP contribution in [0.15, 0.2) is 0 Å². The zero-order valence-electron chi connectivity index (χ0n) is 18.1. The van der Waals surface area contributed by atoms with Crippen molar-refractivity contribution < 1.29 is 14.7 Å². The lowest BCUT2D eigenvalue weighted by Crippen LogP contribution is -2.44. The summed E-state index contributed by atoms with van der Waals surface area (Å²) in [5.74, 6) is 1.01. The number of nitrogens with zero attached hydrogens (tertiary/aromatic N) is 1. The number of hydrogen-bond acceptors (Lipinski definition) is 3. The Morgan fingerprint density at radius 1 is 1.04 bits per heavy atom. The first kappa shape index (κ1) is 27.1. The summed E-state index contributed by atoms with van der Waals surface area (Å²) in [4.78, 5) is 25.5. The standard InChI is InChI=1S/C17H32N2O3.2C2H6/c1-14(2)6-4-3-5-7-16(21)18-12-17(22)19-10-8-15(13-20)9-11-19;2*1-2/h14-15,20H,3-13H2,1-2H3,(H,18,21);2*1-2H3. The molecule has 5 heteroatoms. The lowest BCUT2D eigenvalue weighted by molar-refractivity contribution is -0.134. The van der Waals surface area contributed by atoms with Crippen LogP contribution in [0.5, 0.6) is 0 Å². The maximum absolute atomic E-state index is 12.0. The van der Waals surface area contributed by atoms with Crippen molar-refractivity contribution in [2.45, 2.75) is 86.5 Å². The summed E-state index contributed by atoms with van der Waals surface area (Å²) in [5, 5.41) is 11.8. The zero-order chi connectivity index (χ0) is 20.4. The van der Waals surface area contributed by atoms with Crippen LogP contribution in [0.1, 0.15) is 86.5 Å². The smallest absolute Gasteiger partial charge is 0.241 e. The van der Waals surface area contributed by atoms with E-state index in [1.54, 1.807) is 4.90 Å². The Balaban J connectivity index is 0. The molecular formula is C21H44N2O3. The van der Waals surface area contributed by atoms with E-state index in [0.29, 0.717) is 25.4 Å². The number of aliphatic hydroxyl groups is 1. The van der Waals surface area contributed by atoms with E-state index in [-0.39, 0.29) is 25.0 Å². The van der Waals surface area contributed by atoms with E-state index in [1.165, 1.54) is 12.8 Å². The molecule has 0 spiro atoms. The summed E-state index contributed by atoms with van der Waals surface area (Å²) in [6.45, 7) is 14.1. The van der Waals surface area contributed by atoms with E-state index in [1.807, 2.05) is 27.7 Å². The van der Waals surface area contributed by atoms with Crippen LogP contribution >= 0.6 is 0 Å². The van der Waals surface area contributed by atoms with Crippen molar-refractivity contribution in [1.29, 1.82) is 0 Å². The summed E-state index contributed by atoms with van der Waals surface area (Å²) in [6.07, 6.45) is 6.58. The first-order valence-corrected chi connectivity index (χ1v) is 10.7. The first-order chi connectivity index (χ1) is 12.5. The van der Waals surface area contributed by atoms with Crippen LogP contribution in [-0.2, 0) is 9.59 Å². The van der Waals surface area contributed by atoms with E-state index in [2.05, 4.69) is 19.2 Å². The summed E-state index contributed by atoms with van der Waals surface area (Å²) in [7, 11) is 0. The minimum atomic E-state index is -0.0249. The minimum Gasteiger partial charge on any atom is -0.396 e. The van der Waals surface area contributed by atoms with Crippen LogP contribution in [0.3, 0.4) is 0 Å². The number of hydrogen-bond donors (Lipinski definition) is 2. The van der Waals surface area contributed by atoms with Crippen LogP contribution < -0.4 is 5.32 Å². The molecule has 1 saturated heterocycles. The van der Waals surface area contributed by atoms with Gasteiger partial charge in [-0.25, -0.2) is 0 Å². The van der Waals surface area contributed by atoms with Crippen LogP contribution in [0.4, 0.5) is 0 Å². The van der Waals surface area contributed by atoms with Gasteiger partial charge in [-0.3, -0.25) is 9.59 Å². The maximum atomic E-state index is 12.0. The fraction of sp³-hybridized carbons (Fsp3) is 0.905. The van der Waals surface area contributed by atoms with Gasteiger partial charge in [0, 0.05) is 26.1 Å². The minimum absolute atomic E-state index is 0.00968. The van der Waals surface area contributed by atoms with E-state index in [4.69, 9.17) is 5.11 Å². The van der Waals surface area contributed by atoms with E-state index in [0.717, 1.165) is 31.6 Å². The van der Waals surface area contributed by atoms with Crippen molar-refractivity contribution in [2.75, 3.05) is 26.2 Å². The van der Waals surface area contributed by atoms with E-state index >= 15 is 0 Å². The van der Waals surface area contributed by atoms with Gasteiger partial charge in [-0.05, 0) is 31.1 Å². The lowest BCUT2D eigenvalue weighted by Gasteiger charge is -2.31. The number of carbonyl (C=O) groups excluding carboxylic acids is 2. The Morgan fingerprint density at radius 3 is 2.12 bits per heavy atom. The monoisotopic (exact) mass is 372 g/mol. The average molecular weight is 373 g/mol. The fourth-order valence-corrected chi connectivity index (χ4v) is 2.75. The van der Waals surface area contributed by atoms with Gasteiger partial charge in [0.2, 0.25) is 11.8 Å². The predicted octanol–water partition coefficient (Wildman–Crippen LogP) is 3.99. The molecule has 0 radical (unpaired) electrons. The molecule has 1 heterocycles. The van der Waals surface area contributed by atoms with Crippen molar-refractivity contribution in [3.63, 3.8) is 0 Å². The van der Waals surface area contributed by atoms with Gasteiger partial charge >= 0.3 is 0 Å². The van der Waals surface area contributed by atoms with Crippen LogP contribution in [0, 0.1) is 11.8 Å². The number of likely N-dealkylation sites (tertiary alicyclic amines) is 1. The highest BCUT2D eigenvalue weighted by Crippen LogP contribution is 2.16. The molecule has 2 N–H and O–H groups in total. The molecule has 1 aliphatic heterocycles. The van der Waals surface area contributed by atoms with Gasteiger partial charge in [0.1, 0.15) is 0 Å². The molecule has 0 bridgehead atoms. The molecule has 0 aromatic heterocycles. The molecule has 1 aliphatic rings. The van der Waals surface area contributed by atoms with Gasteiger partial charge in [-0.2, -0.15) is 0 Å². The highest BCUT2D eigenvalue weighted by Gasteiger charge is 2.22. The van der Waals surface area contributed by atoms with Gasteiger partial charge in [0.25, 0.3) is 0 Å². The molecule has 0 aliphatic carbocycles. The molecular weight excluding hydrogens is 328 g/mol. The van der Waals surface area contributed by atoms with Gasteiger partial charge in [-0.1, -0.05) is 60.8 Å². The largest absolute Gasteiger partial charge is 0.396 e. The zero-order valence-corrected chi connectivity index (χ0v) is 18.1. The average Bonchev–Trinajstić information content (AvgIpc) is 2.68. The van der Waals surface area contributed by atoms with Gasteiger partial charge in [0.15, 0.2) is 0 Å². The number of nitrogens with one attached hydrogen (secondary N) is 1. The first-order valence-electron chi connectivity index (χ1n) is 10.7. The highest BCUT2D eigenvalue weighted by atomic mass is 16.3. The van der Waals surface area contributed by atoms with E-state index < -0.39 is 0 Å². The summed E-state index contributed by atoms with van der Waals surface area (Å²) < 4.78 is 0. The van der Waals surface area contributed by atoms with Crippen molar-refractivity contribution in [2.24, 2.45) is 11.8 Å². The Hall–Kier alpha value is -1.10. The quantitative estimate of drug-likeness (QED) is 0.601. The topological polar surface area (TPSA) is 69.6 Å². The van der Waals surface area contributed by atoms with Crippen LogP contribution in [0.2, 0.25) is 0 Å². The Bertz CT molecular complexity index is 338.